The minimum Gasteiger partial charge on any atom is -0.435 e. The molecule has 0 atom stereocenters. The van der Waals surface area contributed by atoms with Crippen LogP contribution in [0.25, 0.3) is 22.4 Å². The summed E-state index contributed by atoms with van der Waals surface area (Å²) in [6.45, 7) is 1.40. The van der Waals surface area contributed by atoms with Crippen molar-refractivity contribution in [1.29, 1.82) is 0 Å². The van der Waals surface area contributed by atoms with E-state index in [1.807, 2.05) is 0 Å². The van der Waals surface area contributed by atoms with E-state index in [-0.39, 0.29) is 22.9 Å². The van der Waals surface area contributed by atoms with Crippen LogP contribution in [0.3, 0.4) is 0 Å². The molecule has 0 aliphatic carbocycles. The quantitative estimate of drug-likeness (QED) is 0.705. The fourth-order valence-electron chi connectivity index (χ4n) is 2.35. The molecular formula is C17H14N4O3. The summed E-state index contributed by atoms with van der Waals surface area (Å²) in [5.41, 5.74) is 13.7. The second kappa shape index (κ2) is 5.96. The van der Waals surface area contributed by atoms with Gasteiger partial charge in [0.2, 0.25) is 11.8 Å². The second-order valence-corrected chi connectivity index (χ2v) is 5.15. The topological polar surface area (TPSA) is 125 Å². The van der Waals surface area contributed by atoms with Crippen molar-refractivity contribution in [1.82, 2.24) is 9.97 Å². The standard InChI is InChI=1S/C17H14N4O3/c1-9(22)14(10-2-4-11(5-3-10)16(19)23)15(18)17-21-12-8-20-7-6-13(12)24-17/h2-8H,18H2,1H3,(H2,19,23). The molecule has 0 unspecified atom stereocenters. The maximum Gasteiger partial charge on any atom is 0.248 e. The highest BCUT2D eigenvalue weighted by molar-refractivity contribution is 6.26. The summed E-state index contributed by atoms with van der Waals surface area (Å²) in [6.07, 6.45) is 3.12. The average molecular weight is 322 g/mol. The van der Waals surface area contributed by atoms with E-state index in [1.54, 1.807) is 30.6 Å². The number of nitrogens with two attached hydrogens (primary N) is 2. The Balaban J connectivity index is 2.13. The van der Waals surface area contributed by atoms with Crippen molar-refractivity contribution < 1.29 is 14.0 Å². The summed E-state index contributed by atoms with van der Waals surface area (Å²) in [5.74, 6) is -0.656. The highest BCUT2D eigenvalue weighted by Crippen LogP contribution is 2.26. The predicted molar refractivity (Wildman–Crippen MR) is 88.4 cm³/mol. The van der Waals surface area contributed by atoms with Gasteiger partial charge >= 0.3 is 0 Å². The van der Waals surface area contributed by atoms with Gasteiger partial charge in [0.25, 0.3) is 0 Å². The molecule has 0 fully saturated rings. The minimum absolute atomic E-state index is 0.116. The molecule has 2 aromatic heterocycles. The maximum absolute atomic E-state index is 12.1. The van der Waals surface area contributed by atoms with Crippen LogP contribution in [0, 0.1) is 0 Å². The van der Waals surface area contributed by atoms with Crippen LogP contribution >= 0.6 is 0 Å². The van der Waals surface area contributed by atoms with Crippen molar-refractivity contribution in [2.45, 2.75) is 6.92 Å². The summed E-state index contributed by atoms with van der Waals surface area (Å²) in [4.78, 5) is 31.4. The molecule has 7 heteroatoms. The summed E-state index contributed by atoms with van der Waals surface area (Å²) >= 11 is 0. The highest BCUT2D eigenvalue weighted by Gasteiger charge is 2.18. The summed E-state index contributed by atoms with van der Waals surface area (Å²) in [5, 5.41) is 0. The number of benzene rings is 1. The lowest BCUT2D eigenvalue weighted by Gasteiger charge is -2.08. The van der Waals surface area contributed by atoms with Crippen molar-refractivity contribution in [3.63, 3.8) is 0 Å². The lowest BCUT2D eigenvalue weighted by molar-refractivity contribution is -0.111. The Kier molecular flexibility index (Phi) is 3.83. The van der Waals surface area contributed by atoms with E-state index in [2.05, 4.69) is 9.97 Å². The Morgan fingerprint density at radius 1 is 1.04 bits per heavy atom. The van der Waals surface area contributed by atoms with Gasteiger partial charge in [-0.3, -0.25) is 14.6 Å². The maximum atomic E-state index is 12.1. The molecule has 1 aromatic carbocycles. The number of oxazole rings is 1. The first-order valence-corrected chi connectivity index (χ1v) is 7.09. The minimum atomic E-state index is -0.547. The number of pyridine rings is 1. The SMILES string of the molecule is CC(=O)C(=C(N)c1nc2cnccc2o1)c1ccc(C(N)=O)cc1. The molecule has 4 N–H and O–H groups in total. The fraction of sp³-hybridized carbons (Fsp3) is 0.0588. The monoisotopic (exact) mass is 322 g/mol. The van der Waals surface area contributed by atoms with Gasteiger partial charge in [-0.25, -0.2) is 4.98 Å². The number of ketones is 1. The summed E-state index contributed by atoms with van der Waals surface area (Å²) in [7, 11) is 0. The predicted octanol–water partition coefficient (Wildman–Crippen LogP) is 1.74. The number of primary amides is 1. The molecular weight excluding hydrogens is 308 g/mol. The van der Waals surface area contributed by atoms with Gasteiger partial charge in [-0.2, -0.15) is 0 Å². The summed E-state index contributed by atoms with van der Waals surface area (Å²) in [6, 6.07) is 7.93. The number of carbonyl (C=O) groups is 2. The van der Waals surface area contributed by atoms with Crippen LogP contribution in [0.4, 0.5) is 0 Å². The fourth-order valence-corrected chi connectivity index (χ4v) is 2.35. The number of hydrogen-bond acceptors (Lipinski definition) is 6. The molecule has 0 radical (unpaired) electrons. The van der Waals surface area contributed by atoms with Gasteiger partial charge in [-0.15, -0.1) is 0 Å². The third kappa shape index (κ3) is 2.74. The number of aromatic nitrogens is 2. The first-order chi connectivity index (χ1) is 11.5. The Morgan fingerprint density at radius 2 is 1.71 bits per heavy atom. The molecule has 0 aliphatic heterocycles. The van der Waals surface area contributed by atoms with Crippen LogP contribution in [-0.2, 0) is 4.79 Å². The van der Waals surface area contributed by atoms with Crippen molar-refractivity contribution >= 4 is 34.1 Å². The zero-order chi connectivity index (χ0) is 17.3. The number of nitrogens with zero attached hydrogens (tertiary/aromatic N) is 2. The average Bonchev–Trinajstić information content (AvgIpc) is 2.99. The van der Waals surface area contributed by atoms with E-state index in [0.29, 0.717) is 22.2 Å². The lowest BCUT2D eigenvalue weighted by atomic mass is 9.99. The number of rotatable bonds is 4. The normalized spacial score (nSPS) is 12.0. The Hall–Kier alpha value is -3.48. The zero-order valence-corrected chi connectivity index (χ0v) is 12.8. The van der Waals surface area contributed by atoms with Gasteiger partial charge in [0.05, 0.1) is 11.8 Å². The van der Waals surface area contributed by atoms with Crippen LogP contribution in [0.5, 0.6) is 0 Å². The Bertz CT molecular complexity index is 938. The Labute approximate surface area is 137 Å². The van der Waals surface area contributed by atoms with Gasteiger partial charge in [0.1, 0.15) is 11.2 Å². The number of Topliss-reactive ketones (excluding diaryl/α,β-unsaturated/α-hetero) is 1. The van der Waals surface area contributed by atoms with E-state index < -0.39 is 5.91 Å². The van der Waals surface area contributed by atoms with Gasteiger partial charge < -0.3 is 15.9 Å². The summed E-state index contributed by atoms with van der Waals surface area (Å²) < 4.78 is 5.58. The second-order valence-electron chi connectivity index (χ2n) is 5.15. The molecule has 0 bridgehead atoms. The third-order valence-corrected chi connectivity index (χ3v) is 3.50. The van der Waals surface area contributed by atoms with Crippen LogP contribution in [-0.4, -0.2) is 21.7 Å². The lowest BCUT2D eigenvalue weighted by Crippen LogP contribution is -2.11. The van der Waals surface area contributed by atoms with Gasteiger partial charge in [-0.1, -0.05) is 12.1 Å². The van der Waals surface area contributed by atoms with Crippen LogP contribution in [0.15, 0.2) is 47.1 Å². The highest BCUT2D eigenvalue weighted by atomic mass is 16.3. The molecule has 2 heterocycles. The first-order valence-electron chi connectivity index (χ1n) is 7.09. The number of amides is 1. The van der Waals surface area contributed by atoms with E-state index in [9.17, 15) is 9.59 Å². The molecule has 0 spiro atoms. The molecule has 0 saturated heterocycles. The molecule has 3 aromatic rings. The molecule has 1 amide bonds. The smallest absolute Gasteiger partial charge is 0.248 e. The van der Waals surface area contributed by atoms with Crippen molar-refractivity contribution in [2.75, 3.05) is 0 Å². The van der Waals surface area contributed by atoms with Crippen LogP contribution in [0.1, 0.15) is 28.7 Å². The number of fused-ring (bicyclic) bond motifs is 1. The van der Waals surface area contributed by atoms with Crippen molar-refractivity contribution in [2.24, 2.45) is 11.5 Å². The largest absolute Gasteiger partial charge is 0.435 e. The van der Waals surface area contributed by atoms with Gasteiger partial charge in [-0.05, 0) is 24.6 Å². The molecule has 24 heavy (non-hydrogen) atoms. The van der Waals surface area contributed by atoms with E-state index >= 15 is 0 Å². The molecule has 3 rings (SSSR count). The molecule has 0 saturated carbocycles. The first kappa shape index (κ1) is 15.4. The third-order valence-electron chi connectivity index (χ3n) is 3.50. The van der Waals surface area contributed by atoms with Gasteiger partial charge in [0.15, 0.2) is 11.4 Å². The molecule has 120 valence electrons. The van der Waals surface area contributed by atoms with Crippen molar-refractivity contribution in [3.8, 4) is 0 Å². The number of hydrogen-bond donors (Lipinski definition) is 2. The van der Waals surface area contributed by atoms with E-state index in [1.165, 1.54) is 19.1 Å². The molecule has 7 nitrogen and oxygen atoms in total. The zero-order valence-electron chi connectivity index (χ0n) is 12.8. The molecule has 0 aliphatic rings. The van der Waals surface area contributed by atoms with E-state index in [0.717, 1.165) is 0 Å². The number of carbonyl (C=O) groups excluding carboxylic acids is 2. The Morgan fingerprint density at radius 3 is 2.29 bits per heavy atom. The van der Waals surface area contributed by atoms with Gasteiger partial charge in [0, 0.05) is 17.8 Å². The van der Waals surface area contributed by atoms with Crippen molar-refractivity contribution in [3.05, 3.63) is 59.7 Å². The van der Waals surface area contributed by atoms with E-state index in [4.69, 9.17) is 15.9 Å². The van der Waals surface area contributed by atoms with Crippen LogP contribution < -0.4 is 11.5 Å². The van der Waals surface area contributed by atoms with Crippen LogP contribution in [0.2, 0.25) is 0 Å². The number of allylic oxidation sites excluding steroid dienone is 1.